The van der Waals surface area contributed by atoms with Crippen LogP contribution in [-0.4, -0.2) is 14.2 Å². The van der Waals surface area contributed by atoms with Gasteiger partial charge in [-0.1, -0.05) is 42.4 Å². The highest BCUT2D eigenvalue weighted by Crippen LogP contribution is 2.46. The van der Waals surface area contributed by atoms with Crippen LogP contribution in [0.25, 0.3) is 10.8 Å². The first-order valence-corrected chi connectivity index (χ1v) is 10.1. The zero-order chi connectivity index (χ0) is 22.0. The minimum atomic E-state index is -0.438. The third-order valence-electron chi connectivity index (χ3n) is 4.93. The van der Waals surface area contributed by atoms with Gasteiger partial charge in [-0.2, -0.15) is 5.26 Å². The molecule has 1 aliphatic heterocycles. The quantitative estimate of drug-likeness (QED) is 0.567. The van der Waals surface area contributed by atoms with Crippen molar-refractivity contribution < 1.29 is 14.2 Å². The van der Waals surface area contributed by atoms with Crippen LogP contribution in [0.1, 0.15) is 29.5 Å². The average molecular weight is 488 g/mol. The number of halogens is 2. The summed E-state index contributed by atoms with van der Waals surface area (Å²) in [6.45, 7) is 5.75. The van der Waals surface area contributed by atoms with Crippen molar-refractivity contribution in [2.75, 3.05) is 14.2 Å². The molecule has 7 heteroatoms. The molecule has 2 aromatic carbocycles. The normalized spacial score (nSPS) is 16.1. The molecule has 154 valence electrons. The lowest BCUT2D eigenvalue weighted by molar-refractivity contribution is 0.350. The van der Waals surface area contributed by atoms with Gasteiger partial charge in [0, 0.05) is 22.1 Å². The molecule has 1 atom stereocenters. The number of rotatable bonds is 5. The van der Waals surface area contributed by atoms with E-state index in [1.54, 1.807) is 14.2 Å². The lowest BCUT2D eigenvalue weighted by Gasteiger charge is -2.29. The van der Waals surface area contributed by atoms with Crippen molar-refractivity contribution in [2.24, 2.45) is 5.73 Å². The number of allylic oxidation sites excluding steroid dienone is 2. The van der Waals surface area contributed by atoms with Gasteiger partial charge in [0.15, 0.2) is 11.5 Å². The second-order valence-electron chi connectivity index (χ2n) is 6.63. The number of nitriles is 1. The van der Waals surface area contributed by atoms with Gasteiger partial charge in [0.2, 0.25) is 5.88 Å². The van der Waals surface area contributed by atoms with E-state index in [9.17, 15) is 5.26 Å². The molecule has 2 N–H and O–H groups in total. The fourth-order valence-corrected chi connectivity index (χ4v) is 4.35. The maximum Gasteiger partial charge on any atom is 0.205 e. The number of nitrogens with zero attached hydrogens (tertiary/aromatic N) is 1. The molecule has 0 amide bonds. The van der Waals surface area contributed by atoms with E-state index < -0.39 is 5.92 Å². The van der Waals surface area contributed by atoms with E-state index in [1.165, 1.54) is 0 Å². The van der Waals surface area contributed by atoms with Crippen molar-refractivity contribution in [3.05, 3.63) is 81.2 Å². The van der Waals surface area contributed by atoms with E-state index in [-0.39, 0.29) is 5.88 Å². The van der Waals surface area contributed by atoms with E-state index in [0.29, 0.717) is 32.3 Å². The molecule has 0 fully saturated rings. The molecule has 1 aliphatic rings. The maximum atomic E-state index is 9.81. The van der Waals surface area contributed by atoms with Gasteiger partial charge in [0.05, 0.1) is 18.7 Å². The van der Waals surface area contributed by atoms with Crippen molar-refractivity contribution in [3.8, 4) is 17.6 Å². The Morgan fingerprint density at radius 1 is 1.27 bits per heavy atom. The number of nitrogens with two attached hydrogens (primary N) is 1. The highest BCUT2D eigenvalue weighted by molar-refractivity contribution is 9.10. The molecule has 1 unspecified atom stereocenters. The summed E-state index contributed by atoms with van der Waals surface area (Å²) >= 11 is 9.73. The van der Waals surface area contributed by atoms with E-state index in [1.807, 2.05) is 43.3 Å². The molecule has 30 heavy (non-hydrogen) atoms. The predicted octanol–water partition coefficient (Wildman–Crippen LogP) is 5.91. The molecule has 5 nitrogen and oxygen atoms in total. The standard InChI is InChI=1S/C23H20BrClN2O3/c1-12-20(14-9-18(24)22(29-4)19(10-14)28-3)17(11-26)23(27)30-21(12)16-8-6-5-7-15(16)13(2)25/h5-10,20H,2,27H2,1,3-4H3. The van der Waals surface area contributed by atoms with Gasteiger partial charge >= 0.3 is 0 Å². The largest absolute Gasteiger partial charge is 0.493 e. The fraction of sp³-hybridized carbons (Fsp3) is 0.174. The molecule has 3 rings (SSSR count). The van der Waals surface area contributed by atoms with E-state index in [0.717, 1.165) is 22.3 Å². The van der Waals surface area contributed by atoms with Gasteiger partial charge in [-0.15, -0.1) is 0 Å². The third-order valence-corrected chi connectivity index (χ3v) is 5.72. The molecule has 0 aliphatic carbocycles. The summed E-state index contributed by atoms with van der Waals surface area (Å²) < 4.78 is 17.5. The van der Waals surface area contributed by atoms with Gasteiger partial charge in [-0.25, -0.2) is 0 Å². The Morgan fingerprint density at radius 2 is 1.97 bits per heavy atom. The molecule has 1 heterocycles. The fourth-order valence-electron chi connectivity index (χ4n) is 3.56. The average Bonchev–Trinajstić information content (AvgIpc) is 2.73. The first-order chi connectivity index (χ1) is 14.3. The lowest BCUT2D eigenvalue weighted by atomic mass is 9.82. The summed E-state index contributed by atoms with van der Waals surface area (Å²) in [5.41, 5.74) is 9.59. The molecule has 0 saturated heterocycles. The van der Waals surface area contributed by atoms with Gasteiger partial charge in [-0.05, 0) is 46.1 Å². The Bertz CT molecular complexity index is 1130. The molecular weight excluding hydrogens is 468 g/mol. The number of hydrogen-bond acceptors (Lipinski definition) is 5. The summed E-state index contributed by atoms with van der Waals surface area (Å²) in [7, 11) is 3.12. The smallest absolute Gasteiger partial charge is 0.205 e. The minimum absolute atomic E-state index is 0.0454. The molecule has 2 aromatic rings. The van der Waals surface area contributed by atoms with Gasteiger partial charge < -0.3 is 19.9 Å². The number of hydrogen-bond donors (Lipinski definition) is 1. The molecule has 0 radical (unpaired) electrons. The van der Waals surface area contributed by atoms with E-state index in [4.69, 9.17) is 31.5 Å². The molecule has 0 saturated carbocycles. The number of benzene rings is 2. The first-order valence-electron chi connectivity index (χ1n) is 8.97. The molecule has 0 spiro atoms. The van der Waals surface area contributed by atoms with Crippen molar-refractivity contribution in [1.29, 1.82) is 5.26 Å². The van der Waals surface area contributed by atoms with Crippen LogP contribution in [0.4, 0.5) is 0 Å². The molecular formula is C23H20BrClN2O3. The van der Waals surface area contributed by atoms with Crippen molar-refractivity contribution >= 4 is 38.3 Å². The van der Waals surface area contributed by atoms with Crippen molar-refractivity contribution in [1.82, 2.24) is 0 Å². The first kappa shape index (κ1) is 21.8. The lowest BCUT2D eigenvalue weighted by Crippen LogP contribution is -2.20. The highest BCUT2D eigenvalue weighted by atomic mass is 79.9. The van der Waals surface area contributed by atoms with E-state index in [2.05, 4.69) is 28.6 Å². The second-order valence-corrected chi connectivity index (χ2v) is 7.94. The summed E-state index contributed by atoms with van der Waals surface area (Å²) in [5, 5.41) is 10.2. The Balaban J connectivity index is 2.27. The molecule has 0 aromatic heterocycles. The van der Waals surface area contributed by atoms with Crippen LogP contribution in [0.2, 0.25) is 0 Å². The number of ether oxygens (including phenoxy) is 3. The van der Waals surface area contributed by atoms with Gasteiger partial charge in [0.25, 0.3) is 0 Å². The van der Waals surface area contributed by atoms with Crippen molar-refractivity contribution in [2.45, 2.75) is 12.8 Å². The topological polar surface area (TPSA) is 77.5 Å². The Hall–Kier alpha value is -2.88. The second kappa shape index (κ2) is 8.86. The third kappa shape index (κ3) is 3.79. The predicted molar refractivity (Wildman–Crippen MR) is 122 cm³/mol. The molecule has 0 bridgehead atoms. The maximum absolute atomic E-state index is 9.81. The summed E-state index contributed by atoms with van der Waals surface area (Å²) in [6, 6.07) is 13.4. The highest BCUT2D eigenvalue weighted by Gasteiger charge is 2.33. The van der Waals surface area contributed by atoms with Crippen LogP contribution >= 0.6 is 27.5 Å². The van der Waals surface area contributed by atoms with Crippen LogP contribution in [0, 0.1) is 11.3 Å². The number of methoxy groups -OCH3 is 2. The van der Waals surface area contributed by atoms with Crippen LogP contribution in [0.3, 0.4) is 0 Å². The van der Waals surface area contributed by atoms with Crippen molar-refractivity contribution in [3.63, 3.8) is 0 Å². The minimum Gasteiger partial charge on any atom is -0.493 e. The van der Waals surface area contributed by atoms with Gasteiger partial charge in [0.1, 0.15) is 17.4 Å². The summed E-state index contributed by atoms with van der Waals surface area (Å²) in [6.07, 6.45) is 0. The monoisotopic (exact) mass is 486 g/mol. The Kier molecular flexibility index (Phi) is 6.45. The Morgan fingerprint density at radius 3 is 2.57 bits per heavy atom. The SMILES string of the molecule is C=C(Cl)c1ccccc1C1=C(C)C(c2cc(Br)c(OC)c(OC)c2)C(C#N)=C(N)O1. The van der Waals surface area contributed by atoms with Crippen LogP contribution in [0.15, 0.2) is 64.5 Å². The zero-order valence-corrected chi connectivity index (χ0v) is 19.1. The summed E-state index contributed by atoms with van der Waals surface area (Å²) in [4.78, 5) is 0. The van der Waals surface area contributed by atoms with Crippen LogP contribution in [0.5, 0.6) is 11.5 Å². The van der Waals surface area contributed by atoms with Gasteiger partial charge in [-0.3, -0.25) is 0 Å². The van der Waals surface area contributed by atoms with Crippen LogP contribution < -0.4 is 15.2 Å². The van der Waals surface area contributed by atoms with Crippen LogP contribution in [-0.2, 0) is 4.74 Å². The summed E-state index contributed by atoms with van der Waals surface area (Å²) in [5.74, 6) is 1.25. The van der Waals surface area contributed by atoms with E-state index >= 15 is 0 Å². The Labute approximate surface area is 189 Å². The zero-order valence-electron chi connectivity index (χ0n) is 16.8.